The number of anilines is 2. The van der Waals surface area contributed by atoms with E-state index in [0.29, 0.717) is 48.9 Å². The summed E-state index contributed by atoms with van der Waals surface area (Å²) in [5, 5.41) is 7.08. The number of aromatic nitrogens is 2. The Balaban J connectivity index is 1.51. The van der Waals surface area contributed by atoms with Crippen molar-refractivity contribution >= 4 is 33.2 Å². The zero-order valence-electron chi connectivity index (χ0n) is 15.9. The van der Waals surface area contributed by atoms with Crippen molar-refractivity contribution < 1.29 is 13.9 Å². The molecule has 29 heavy (non-hydrogen) atoms. The number of rotatable bonds is 4. The number of hydrogen-bond donors (Lipinski definition) is 1. The van der Waals surface area contributed by atoms with Crippen molar-refractivity contribution in [2.24, 2.45) is 0 Å². The van der Waals surface area contributed by atoms with Crippen LogP contribution in [0, 0.1) is 12.7 Å². The van der Waals surface area contributed by atoms with Gasteiger partial charge in [0.05, 0.1) is 42.0 Å². The van der Waals surface area contributed by atoms with Gasteiger partial charge in [0, 0.05) is 23.2 Å². The molecule has 1 amide bonds. The molecule has 0 saturated carbocycles. The number of nitrogens with one attached hydrogen (secondary N) is 1. The zero-order valence-corrected chi connectivity index (χ0v) is 17.4. The Kier molecular flexibility index (Phi) is 5.64. The average molecular weight is 459 g/mol. The molecule has 0 bridgehead atoms. The predicted octanol–water partition coefficient (Wildman–Crippen LogP) is 4.17. The molecule has 3 aromatic rings. The number of carbonyl (C=O) groups excluding carboxylic acids is 1. The molecule has 4 rings (SSSR count). The lowest BCUT2D eigenvalue weighted by atomic mass is 10.2. The molecule has 1 saturated heterocycles. The minimum Gasteiger partial charge on any atom is -0.378 e. The molecule has 0 unspecified atom stereocenters. The Morgan fingerprint density at radius 3 is 2.59 bits per heavy atom. The van der Waals surface area contributed by atoms with E-state index in [1.54, 1.807) is 16.8 Å². The van der Waals surface area contributed by atoms with Crippen molar-refractivity contribution in [1.82, 2.24) is 9.78 Å². The SMILES string of the molecule is Cc1c(C(=O)Nc2ccc(N3CCOCC3)c(F)c2)cnn1-c1ccc(Br)cc1. The van der Waals surface area contributed by atoms with Crippen LogP contribution in [0.2, 0.25) is 0 Å². The van der Waals surface area contributed by atoms with Crippen LogP contribution in [0.15, 0.2) is 53.1 Å². The first-order valence-corrected chi connectivity index (χ1v) is 10.1. The highest BCUT2D eigenvalue weighted by atomic mass is 79.9. The van der Waals surface area contributed by atoms with Crippen LogP contribution in [0.4, 0.5) is 15.8 Å². The summed E-state index contributed by atoms with van der Waals surface area (Å²) in [6, 6.07) is 12.4. The van der Waals surface area contributed by atoms with Crippen molar-refractivity contribution in [1.29, 1.82) is 0 Å². The van der Waals surface area contributed by atoms with E-state index in [9.17, 15) is 9.18 Å². The summed E-state index contributed by atoms with van der Waals surface area (Å²) in [5.74, 6) is -0.698. The topological polar surface area (TPSA) is 59.4 Å². The van der Waals surface area contributed by atoms with E-state index in [0.717, 1.165) is 10.2 Å². The average Bonchev–Trinajstić information content (AvgIpc) is 3.11. The minimum atomic E-state index is -0.369. The van der Waals surface area contributed by atoms with Crippen molar-refractivity contribution in [2.75, 3.05) is 36.5 Å². The summed E-state index contributed by atoms with van der Waals surface area (Å²) in [4.78, 5) is 14.7. The molecule has 0 aliphatic carbocycles. The van der Waals surface area contributed by atoms with Gasteiger partial charge in [-0.1, -0.05) is 15.9 Å². The summed E-state index contributed by atoms with van der Waals surface area (Å²) >= 11 is 3.40. The third kappa shape index (κ3) is 4.18. The van der Waals surface area contributed by atoms with Gasteiger partial charge in [-0.3, -0.25) is 4.79 Å². The molecule has 1 aliphatic rings. The second kappa shape index (κ2) is 8.34. The van der Waals surface area contributed by atoms with E-state index < -0.39 is 0 Å². The number of benzene rings is 2. The highest BCUT2D eigenvalue weighted by Gasteiger charge is 2.18. The van der Waals surface area contributed by atoms with Gasteiger partial charge in [-0.05, 0) is 49.4 Å². The van der Waals surface area contributed by atoms with E-state index >= 15 is 0 Å². The van der Waals surface area contributed by atoms with E-state index in [1.165, 1.54) is 12.3 Å². The fourth-order valence-electron chi connectivity index (χ4n) is 3.32. The maximum atomic E-state index is 14.6. The standard InChI is InChI=1S/C21H20BrFN4O2/c1-14-18(13-24-27(14)17-5-2-15(22)3-6-17)21(28)25-16-4-7-20(19(23)12-16)26-8-10-29-11-9-26/h2-7,12-13H,8-11H2,1H3,(H,25,28). The van der Waals surface area contributed by atoms with E-state index in [-0.39, 0.29) is 11.7 Å². The summed E-state index contributed by atoms with van der Waals surface area (Å²) < 4.78 is 22.5. The van der Waals surface area contributed by atoms with Gasteiger partial charge in [-0.15, -0.1) is 0 Å². The van der Waals surface area contributed by atoms with Gasteiger partial charge in [-0.2, -0.15) is 5.10 Å². The number of hydrogen-bond acceptors (Lipinski definition) is 4. The number of halogens is 2. The first-order valence-electron chi connectivity index (χ1n) is 9.27. The lowest BCUT2D eigenvalue weighted by Gasteiger charge is -2.29. The molecule has 0 atom stereocenters. The Hall–Kier alpha value is -2.71. The van der Waals surface area contributed by atoms with Crippen molar-refractivity contribution in [3.8, 4) is 5.69 Å². The number of ether oxygens (including phenoxy) is 1. The molecule has 1 fully saturated rings. The van der Waals surface area contributed by atoms with Crippen LogP contribution in [0.25, 0.3) is 5.69 Å². The van der Waals surface area contributed by atoms with Crippen LogP contribution in [0.3, 0.4) is 0 Å². The number of nitrogens with zero attached hydrogens (tertiary/aromatic N) is 3. The van der Waals surface area contributed by atoms with E-state index in [4.69, 9.17) is 4.74 Å². The van der Waals surface area contributed by atoms with Crippen LogP contribution >= 0.6 is 15.9 Å². The molecule has 1 N–H and O–H groups in total. The minimum absolute atomic E-state index is 0.329. The van der Waals surface area contributed by atoms with Gasteiger partial charge in [0.15, 0.2) is 0 Å². The Morgan fingerprint density at radius 1 is 1.17 bits per heavy atom. The first kappa shape index (κ1) is 19.6. The monoisotopic (exact) mass is 458 g/mol. The van der Waals surface area contributed by atoms with Crippen LogP contribution < -0.4 is 10.2 Å². The zero-order chi connectivity index (χ0) is 20.4. The first-order chi connectivity index (χ1) is 14.0. The second-order valence-corrected chi connectivity index (χ2v) is 7.67. The normalized spacial score (nSPS) is 14.1. The third-order valence-corrected chi connectivity index (χ3v) is 5.41. The van der Waals surface area contributed by atoms with Crippen molar-refractivity contribution in [3.63, 3.8) is 0 Å². The molecular weight excluding hydrogens is 439 g/mol. The maximum Gasteiger partial charge on any atom is 0.259 e. The summed E-state index contributed by atoms with van der Waals surface area (Å²) in [7, 11) is 0. The molecular formula is C21H20BrFN4O2. The lowest BCUT2D eigenvalue weighted by Crippen LogP contribution is -2.36. The van der Waals surface area contributed by atoms with E-state index in [1.807, 2.05) is 36.1 Å². The predicted molar refractivity (Wildman–Crippen MR) is 113 cm³/mol. The largest absolute Gasteiger partial charge is 0.378 e. The van der Waals surface area contributed by atoms with Gasteiger partial charge in [0.2, 0.25) is 0 Å². The third-order valence-electron chi connectivity index (χ3n) is 4.88. The molecule has 150 valence electrons. The molecule has 0 spiro atoms. The fourth-order valence-corrected chi connectivity index (χ4v) is 3.58. The molecule has 2 aromatic carbocycles. The maximum absolute atomic E-state index is 14.6. The fraction of sp³-hybridized carbons (Fsp3) is 0.238. The van der Waals surface area contributed by atoms with Crippen LogP contribution in [-0.4, -0.2) is 42.0 Å². The van der Waals surface area contributed by atoms with Crippen molar-refractivity contribution in [3.05, 3.63) is 70.2 Å². The van der Waals surface area contributed by atoms with Gasteiger partial charge >= 0.3 is 0 Å². The van der Waals surface area contributed by atoms with Crippen LogP contribution in [0.5, 0.6) is 0 Å². The Bertz CT molecular complexity index is 1030. The van der Waals surface area contributed by atoms with Gasteiger partial charge in [0.25, 0.3) is 5.91 Å². The highest BCUT2D eigenvalue weighted by molar-refractivity contribution is 9.10. The summed E-state index contributed by atoms with van der Waals surface area (Å²) in [6.07, 6.45) is 1.52. The number of carbonyl (C=O) groups is 1. The molecule has 1 aromatic heterocycles. The number of morpholine rings is 1. The van der Waals surface area contributed by atoms with Crippen LogP contribution in [-0.2, 0) is 4.74 Å². The Labute approximate surface area is 176 Å². The van der Waals surface area contributed by atoms with E-state index in [2.05, 4.69) is 26.3 Å². The summed E-state index contributed by atoms with van der Waals surface area (Å²) in [5.41, 5.74) is 2.91. The molecule has 0 radical (unpaired) electrons. The number of amides is 1. The summed E-state index contributed by atoms with van der Waals surface area (Å²) in [6.45, 7) is 4.29. The molecule has 6 nitrogen and oxygen atoms in total. The molecule has 8 heteroatoms. The molecule has 1 aliphatic heterocycles. The molecule has 2 heterocycles. The van der Waals surface area contributed by atoms with Crippen molar-refractivity contribution in [2.45, 2.75) is 6.92 Å². The lowest BCUT2D eigenvalue weighted by molar-refractivity contribution is 0.102. The quantitative estimate of drug-likeness (QED) is 0.637. The van der Waals surface area contributed by atoms with Gasteiger partial charge < -0.3 is 15.0 Å². The van der Waals surface area contributed by atoms with Gasteiger partial charge in [-0.25, -0.2) is 9.07 Å². The second-order valence-electron chi connectivity index (χ2n) is 6.75. The smallest absolute Gasteiger partial charge is 0.259 e. The van der Waals surface area contributed by atoms with Gasteiger partial charge in [0.1, 0.15) is 5.82 Å². The van der Waals surface area contributed by atoms with Crippen LogP contribution in [0.1, 0.15) is 16.1 Å². The Morgan fingerprint density at radius 2 is 1.90 bits per heavy atom. The highest BCUT2D eigenvalue weighted by Crippen LogP contribution is 2.24.